The van der Waals surface area contributed by atoms with E-state index < -0.39 is 0 Å². The lowest BCUT2D eigenvalue weighted by molar-refractivity contribution is 0.488. The Bertz CT molecular complexity index is 3150. The van der Waals surface area contributed by atoms with Crippen LogP contribution in [0.4, 0.5) is 17.1 Å². The monoisotopic (exact) mass is 768 g/mol. The molecule has 11 rings (SSSR count). The molecule has 0 saturated heterocycles. The van der Waals surface area contributed by atoms with Gasteiger partial charge in [-0.25, -0.2) is 15.0 Å². The normalized spacial score (nSPS) is 11.5. The minimum atomic E-state index is 0.599. The van der Waals surface area contributed by atoms with Crippen molar-refractivity contribution in [3.8, 4) is 79.0 Å². The number of rotatable bonds is 8. The van der Waals surface area contributed by atoms with Crippen LogP contribution in [0.5, 0.6) is 11.5 Å². The first-order valence-corrected chi connectivity index (χ1v) is 20.1. The molecule has 5 heteroatoms. The molecular formula is C55H36N4O. The predicted molar refractivity (Wildman–Crippen MR) is 245 cm³/mol. The highest BCUT2D eigenvalue weighted by Crippen LogP contribution is 2.53. The molecule has 0 fully saturated rings. The first-order valence-electron chi connectivity index (χ1n) is 20.1. The molecule has 5 nitrogen and oxygen atoms in total. The lowest BCUT2D eigenvalue weighted by atomic mass is 9.91. The van der Waals surface area contributed by atoms with Gasteiger partial charge in [-0.05, 0) is 81.7 Å². The van der Waals surface area contributed by atoms with Crippen LogP contribution in [-0.4, -0.2) is 15.0 Å². The third-order valence-corrected chi connectivity index (χ3v) is 11.1. The molecule has 0 unspecified atom stereocenters. The molecule has 1 aliphatic heterocycles. The Morgan fingerprint density at radius 1 is 0.333 bits per heavy atom. The molecule has 0 amide bonds. The van der Waals surface area contributed by atoms with Crippen LogP contribution < -0.4 is 9.64 Å². The molecule has 0 bridgehead atoms. The average molecular weight is 769 g/mol. The highest BCUT2D eigenvalue weighted by molar-refractivity contribution is 6.10. The van der Waals surface area contributed by atoms with Crippen LogP contribution in [0.15, 0.2) is 218 Å². The summed E-state index contributed by atoms with van der Waals surface area (Å²) in [4.78, 5) is 17.7. The second kappa shape index (κ2) is 15.0. The van der Waals surface area contributed by atoms with Crippen molar-refractivity contribution in [2.24, 2.45) is 0 Å². The SMILES string of the molecule is c1ccc(-c2ccc(N(c3ccccc3)c3cccc4c3Oc3ccc(-c5nc(-c6ccccc6)nc(-c6cccc(-c7ccccc7)c6)n5)c5cccc-4c35)cc2)cc1. The van der Waals surface area contributed by atoms with E-state index in [2.05, 4.69) is 175 Å². The zero-order valence-corrected chi connectivity index (χ0v) is 32.5. The molecule has 0 saturated carbocycles. The van der Waals surface area contributed by atoms with Gasteiger partial charge in [0.1, 0.15) is 5.75 Å². The maximum atomic E-state index is 7.04. The van der Waals surface area contributed by atoms with Gasteiger partial charge in [-0.2, -0.15) is 0 Å². The second-order valence-corrected chi connectivity index (χ2v) is 14.8. The van der Waals surface area contributed by atoms with Crippen LogP contribution in [0, 0.1) is 0 Å². The van der Waals surface area contributed by atoms with E-state index in [4.69, 9.17) is 19.7 Å². The van der Waals surface area contributed by atoms with E-state index in [1.54, 1.807) is 0 Å². The third kappa shape index (κ3) is 6.35. The Kier molecular flexibility index (Phi) is 8.75. The molecule has 1 aliphatic rings. The first-order chi connectivity index (χ1) is 29.7. The van der Waals surface area contributed by atoms with Crippen molar-refractivity contribution in [1.82, 2.24) is 15.0 Å². The molecule has 9 aromatic carbocycles. The van der Waals surface area contributed by atoms with Crippen molar-refractivity contribution >= 4 is 27.8 Å². The maximum absolute atomic E-state index is 7.04. The summed E-state index contributed by atoms with van der Waals surface area (Å²) >= 11 is 0. The average Bonchev–Trinajstić information content (AvgIpc) is 3.33. The van der Waals surface area contributed by atoms with E-state index in [1.165, 1.54) is 5.56 Å². The van der Waals surface area contributed by atoms with Gasteiger partial charge in [-0.15, -0.1) is 0 Å². The number of para-hydroxylation sites is 2. The van der Waals surface area contributed by atoms with Gasteiger partial charge in [0.2, 0.25) is 0 Å². The predicted octanol–water partition coefficient (Wildman–Crippen LogP) is 14.6. The van der Waals surface area contributed by atoms with E-state index >= 15 is 0 Å². The fourth-order valence-corrected chi connectivity index (χ4v) is 8.26. The Hall–Kier alpha value is -8.15. The number of hydrogen-bond acceptors (Lipinski definition) is 5. The third-order valence-electron chi connectivity index (χ3n) is 11.1. The van der Waals surface area contributed by atoms with Gasteiger partial charge in [0.25, 0.3) is 0 Å². The summed E-state index contributed by atoms with van der Waals surface area (Å²) in [6.45, 7) is 0. The van der Waals surface area contributed by atoms with Crippen molar-refractivity contribution in [3.63, 3.8) is 0 Å². The fraction of sp³-hybridized carbons (Fsp3) is 0. The van der Waals surface area contributed by atoms with Crippen LogP contribution in [0.1, 0.15) is 0 Å². The van der Waals surface area contributed by atoms with E-state index in [9.17, 15) is 0 Å². The van der Waals surface area contributed by atoms with Crippen molar-refractivity contribution in [2.45, 2.75) is 0 Å². The molecule has 282 valence electrons. The number of anilines is 3. The Morgan fingerprint density at radius 3 is 1.57 bits per heavy atom. The number of benzene rings is 9. The molecule has 10 aromatic rings. The number of nitrogens with zero attached hydrogens (tertiary/aromatic N) is 4. The minimum absolute atomic E-state index is 0.599. The van der Waals surface area contributed by atoms with Gasteiger partial charge in [-0.1, -0.05) is 170 Å². The van der Waals surface area contributed by atoms with Gasteiger partial charge in [-0.3, -0.25) is 0 Å². The molecule has 0 radical (unpaired) electrons. The number of hydrogen-bond donors (Lipinski definition) is 0. The van der Waals surface area contributed by atoms with Crippen LogP contribution in [0.3, 0.4) is 0 Å². The lowest BCUT2D eigenvalue weighted by Gasteiger charge is -2.31. The Morgan fingerprint density at radius 2 is 0.850 bits per heavy atom. The van der Waals surface area contributed by atoms with Crippen molar-refractivity contribution < 1.29 is 4.74 Å². The summed E-state index contributed by atoms with van der Waals surface area (Å²) < 4.78 is 7.04. The summed E-state index contributed by atoms with van der Waals surface area (Å²) in [5.41, 5.74) is 12.5. The molecule has 60 heavy (non-hydrogen) atoms. The molecule has 2 heterocycles. The van der Waals surface area contributed by atoms with Crippen LogP contribution in [-0.2, 0) is 0 Å². The summed E-state index contributed by atoms with van der Waals surface area (Å²) in [5.74, 6) is 3.41. The van der Waals surface area contributed by atoms with Crippen LogP contribution in [0.25, 0.3) is 78.3 Å². The van der Waals surface area contributed by atoms with E-state index in [0.717, 1.165) is 83.8 Å². The Balaban J connectivity index is 1.05. The highest BCUT2D eigenvalue weighted by Gasteiger charge is 2.28. The number of fused-ring (bicyclic) bond motifs is 2. The van der Waals surface area contributed by atoms with Gasteiger partial charge >= 0.3 is 0 Å². The first kappa shape index (κ1) is 35.0. The highest BCUT2D eigenvalue weighted by atomic mass is 16.5. The van der Waals surface area contributed by atoms with Gasteiger partial charge in [0.05, 0.1) is 5.69 Å². The van der Waals surface area contributed by atoms with Gasteiger partial charge in [0, 0.05) is 39.0 Å². The van der Waals surface area contributed by atoms with Crippen LogP contribution >= 0.6 is 0 Å². The second-order valence-electron chi connectivity index (χ2n) is 14.8. The topological polar surface area (TPSA) is 51.1 Å². The van der Waals surface area contributed by atoms with Gasteiger partial charge < -0.3 is 9.64 Å². The van der Waals surface area contributed by atoms with Gasteiger partial charge in [0.15, 0.2) is 23.2 Å². The Labute approximate surface area is 348 Å². The van der Waals surface area contributed by atoms with Crippen LogP contribution in [0.2, 0.25) is 0 Å². The molecule has 0 N–H and O–H groups in total. The zero-order valence-electron chi connectivity index (χ0n) is 32.5. The van der Waals surface area contributed by atoms with E-state index in [1.807, 2.05) is 48.5 Å². The molecule has 0 spiro atoms. The number of aromatic nitrogens is 3. The van der Waals surface area contributed by atoms with Crippen molar-refractivity contribution in [1.29, 1.82) is 0 Å². The number of ether oxygens (including phenoxy) is 1. The van der Waals surface area contributed by atoms with Crippen molar-refractivity contribution in [2.75, 3.05) is 4.90 Å². The quantitative estimate of drug-likeness (QED) is 0.154. The summed E-state index contributed by atoms with van der Waals surface area (Å²) in [5, 5.41) is 2.03. The molecular weight excluding hydrogens is 733 g/mol. The smallest absolute Gasteiger partial charge is 0.164 e. The largest absolute Gasteiger partial charge is 0.454 e. The fourth-order valence-electron chi connectivity index (χ4n) is 8.26. The standard InChI is InChI=1S/C55H36N4O/c1-5-16-37(17-6-1)39-30-32-44(33-31-39)59(43-24-11-4-12-25-43)49-29-15-28-47-45-26-14-27-46-48(34-35-50(51(45)46)60-52(47)49)55-57-53(40-20-9-3-10-21-40)56-54(58-55)42-23-13-22-41(36-42)38-18-7-2-8-19-38/h1-36H. The van der Waals surface area contributed by atoms with E-state index in [0.29, 0.717) is 17.5 Å². The maximum Gasteiger partial charge on any atom is 0.164 e. The summed E-state index contributed by atoms with van der Waals surface area (Å²) in [7, 11) is 0. The summed E-state index contributed by atoms with van der Waals surface area (Å²) in [6, 6.07) is 75.6. The molecule has 0 atom stereocenters. The summed E-state index contributed by atoms with van der Waals surface area (Å²) in [6.07, 6.45) is 0. The zero-order chi connectivity index (χ0) is 39.8. The lowest BCUT2D eigenvalue weighted by Crippen LogP contribution is -2.12. The minimum Gasteiger partial charge on any atom is -0.454 e. The van der Waals surface area contributed by atoms with E-state index in [-0.39, 0.29) is 0 Å². The molecule has 1 aromatic heterocycles. The van der Waals surface area contributed by atoms with Crippen molar-refractivity contribution in [3.05, 3.63) is 218 Å². The molecule has 0 aliphatic carbocycles.